The fourth-order valence-electron chi connectivity index (χ4n) is 3.30. The van der Waals surface area contributed by atoms with E-state index in [0.717, 1.165) is 47.0 Å². The zero-order chi connectivity index (χ0) is 17.4. The van der Waals surface area contributed by atoms with Gasteiger partial charge in [0.25, 0.3) is 0 Å². The summed E-state index contributed by atoms with van der Waals surface area (Å²) in [6.07, 6.45) is 1.96. The molecule has 1 aliphatic heterocycles. The number of carbonyl (C=O) groups is 1. The number of hydrogen-bond donors (Lipinski definition) is 1. The zero-order valence-electron chi connectivity index (χ0n) is 14.3. The number of likely N-dealkylation sites (tertiary alicyclic amines) is 1. The number of aromatic nitrogens is 2. The van der Waals surface area contributed by atoms with Crippen molar-refractivity contribution < 1.29 is 4.79 Å². The lowest BCUT2D eigenvalue weighted by molar-refractivity contribution is 0.207. The van der Waals surface area contributed by atoms with Gasteiger partial charge in [-0.15, -0.1) is 11.3 Å². The molecule has 6 heteroatoms. The second-order valence-electron chi connectivity index (χ2n) is 6.39. The Morgan fingerprint density at radius 2 is 2.04 bits per heavy atom. The van der Waals surface area contributed by atoms with Gasteiger partial charge in [-0.05, 0) is 51.0 Å². The van der Waals surface area contributed by atoms with E-state index in [1.165, 1.54) is 4.70 Å². The number of urea groups is 1. The monoisotopic (exact) mass is 352 g/mol. The van der Waals surface area contributed by atoms with E-state index < -0.39 is 0 Å². The number of rotatable bonds is 2. The van der Waals surface area contributed by atoms with Gasteiger partial charge in [0.05, 0.1) is 27.6 Å². The quantitative estimate of drug-likeness (QED) is 0.729. The maximum absolute atomic E-state index is 12.8. The minimum Gasteiger partial charge on any atom is -0.315 e. The van der Waals surface area contributed by atoms with Crippen LogP contribution >= 0.6 is 11.3 Å². The first-order valence-corrected chi connectivity index (χ1v) is 9.31. The van der Waals surface area contributed by atoms with Crippen molar-refractivity contribution in [3.63, 3.8) is 0 Å². The zero-order valence-corrected chi connectivity index (χ0v) is 15.1. The van der Waals surface area contributed by atoms with Crippen molar-refractivity contribution in [3.8, 4) is 0 Å². The second kappa shape index (κ2) is 6.44. The van der Waals surface area contributed by atoms with Gasteiger partial charge in [-0.3, -0.25) is 4.98 Å². The lowest BCUT2D eigenvalue weighted by Crippen LogP contribution is -2.34. The van der Waals surface area contributed by atoms with E-state index in [1.54, 1.807) is 11.3 Å². The molecule has 1 aliphatic rings. The van der Waals surface area contributed by atoms with E-state index in [1.807, 2.05) is 49.1 Å². The first kappa shape index (κ1) is 16.0. The van der Waals surface area contributed by atoms with Gasteiger partial charge in [0.2, 0.25) is 0 Å². The number of hydrogen-bond acceptors (Lipinski definition) is 4. The molecule has 0 radical (unpaired) electrons. The summed E-state index contributed by atoms with van der Waals surface area (Å²) in [6.45, 7) is 4.62. The standard InChI is InChI=1S/C19H20N4OS/c1-12-9-10-14(13(2)20-12)22-19(24)23-11-5-7-16(23)18-21-15-6-3-4-8-17(15)25-18/h3-4,6,8-10,16H,5,7,11H2,1-2H3,(H,22,24). The Bertz CT molecular complexity index is 903. The summed E-state index contributed by atoms with van der Waals surface area (Å²) in [7, 11) is 0. The highest BCUT2D eigenvalue weighted by molar-refractivity contribution is 7.18. The van der Waals surface area contributed by atoms with Crippen LogP contribution in [0.25, 0.3) is 10.2 Å². The minimum atomic E-state index is -0.0736. The fraction of sp³-hybridized carbons (Fsp3) is 0.316. The number of amides is 2. The number of fused-ring (bicyclic) bond motifs is 1. The smallest absolute Gasteiger partial charge is 0.315 e. The summed E-state index contributed by atoms with van der Waals surface area (Å²) in [5.74, 6) is 0. The average Bonchev–Trinajstić information content (AvgIpc) is 3.23. The third-order valence-corrected chi connectivity index (χ3v) is 5.71. The fourth-order valence-corrected chi connectivity index (χ4v) is 4.42. The molecule has 4 rings (SSSR count). The average molecular weight is 352 g/mol. The van der Waals surface area contributed by atoms with Crippen molar-refractivity contribution in [2.24, 2.45) is 0 Å². The highest BCUT2D eigenvalue weighted by Crippen LogP contribution is 2.36. The van der Waals surface area contributed by atoms with E-state index in [2.05, 4.69) is 16.4 Å². The molecule has 1 aromatic carbocycles. The van der Waals surface area contributed by atoms with E-state index >= 15 is 0 Å². The molecular weight excluding hydrogens is 332 g/mol. The molecule has 128 valence electrons. The number of nitrogens with zero attached hydrogens (tertiary/aromatic N) is 3. The number of anilines is 1. The van der Waals surface area contributed by atoms with Crippen molar-refractivity contribution in [1.82, 2.24) is 14.9 Å². The molecule has 2 aromatic heterocycles. The molecule has 1 unspecified atom stereocenters. The van der Waals surface area contributed by atoms with Crippen LogP contribution in [-0.4, -0.2) is 27.4 Å². The Labute approximate surface area is 150 Å². The van der Waals surface area contributed by atoms with Gasteiger partial charge in [0.15, 0.2) is 0 Å². The van der Waals surface area contributed by atoms with Gasteiger partial charge in [0, 0.05) is 12.2 Å². The largest absolute Gasteiger partial charge is 0.322 e. The molecule has 25 heavy (non-hydrogen) atoms. The molecule has 0 bridgehead atoms. The first-order chi connectivity index (χ1) is 12.1. The van der Waals surface area contributed by atoms with Crippen LogP contribution in [0.3, 0.4) is 0 Å². The summed E-state index contributed by atoms with van der Waals surface area (Å²) in [5, 5.41) is 4.04. The summed E-state index contributed by atoms with van der Waals surface area (Å²) < 4.78 is 1.17. The lowest BCUT2D eigenvalue weighted by Gasteiger charge is -2.23. The van der Waals surface area contributed by atoms with Crippen molar-refractivity contribution in [2.75, 3.05) is 11.9 Å². The maximum atomic E-state index is 12.8. The van der Waals surface area contributed by atoms with E-state index in [4.69, 9.17) is 4.98 Å². The third-order valence-electron chi connectivity index (χ3n) is 4.58. The number of benzene rings is 1. The first-order valence-electron chi connectivity index (χ1n) is 8.49. The van der Waals surface area contributed by atoms with E-state index in [9.17, 15) is 4.79 Å². The van der Waals surface area contributed by atoms with Gasteiger partial charge in [-0.25, -0.2) is 9.78 Å². The predicted octanol–water partition coefficient (Wildman–Crippen LogP) is 4.68. The maximum Gasteiger partial charge on any atom is 0.322 e. The number of carbonyl (C=O) groups excluding carboxylic acids is 1. The van der Waals surface area contributed by atoms with Crippen LogP contribution in [-0.2, 0) is 0 Å². The summed E-state index contributed by atoms with van der Waals surface area (Å²) in [5.41, 5.74) is 3.56. The van der Waals surface area contributed by atoms with Crippen molar-refractivity contribution in [1.29, 1.82) is 0 Å². The number of nitrogens with one attached hydrogen (secondary N) is 1. The normalized spacial score (nSPS) is 17.2. The predicted molar refractivity (Wildman–Crippen MR) is 101 cm³/mol. The van der Waals surface area contributed by atoms with Crippen molar-refractivity contribution in [3.05, 3.63) is 52.8 Å². The van der Waals surface area contributed by atoms with Gasteiger partial charge in [0.1, 0.15) is 5.01 Å². The minimum absolute atomic E-state index is 0.0520. The van der Waals surface area contributed by atoms with Crippen molar-refractivity contribution in [2.45, 2.75) is 32.7 Å². The molecule has 1 saturated heterocycles. The Morgan fingerprint density at radius 1 is 1.20 bits per heavy atom. The molecule has 0 saturated carbocycles. The van der Waals surface area contributed by atoms with Gasteiger partial charge >= 0.3 is 6.03 Å². The Morgan fingerprint density at radius 3 is 2.84 bits per heavy atom. The van der Waals surface area contributed by atoms with Crippen LogP contribution in [0.4, 0.5) is 10.5 Å². The number of aryl methyl sites for hydroxylation is 2. The van der Waals surface area contributed by atoms with Crippen LogP contribution in [0.5, 0.6) is 0 Å². The SMILES string of the molecule is Cc1ccc(NC(=O)N2CCCC2c2nc3ccccc3s2)c(C)n1. The Balaban J connectivity index is 1.57. The van der Waals surface area contributed by atoms with Gasteiger partial charge in [-0.1, -0.05) is 12.1 Å². The Kier molecular flexibility index (Phi) is 4.13. The van der Waals surface area contributed by atoms with Crippen LogP contribution in [0.1, 0.15) is 35.3 Å². The molecule has 5 nitrogen and oxygen atoms in total. The molecule has 0 spiro atoms. The summed E-state index contributed by atoms with van der Waals surface area (Å²) in [6, 6.07) is 11.9. The van der Waals surface area contributed by atoms with Gasteiger partial charge in [-0.2, -0.15) is 0 Å². The topological polar surface area (TPSA) is 58.1 Å². The van der Waals surface area contributed by atoms with Crippen LogP contribution in [0, 0.1) is 13.8 Å². The van der Waals surface area contributed by atoms with Gasteiger partial charge < -0.3 is 10.2 Å². The number of thiazole rings is 1. The number of pyridine rings is 1. The van der Waals surface area contributed by atoms with E-state index in [-0.39, 0.29) is 12.1 Å². The molecule has 1 N–H and O–H groups in total. The van der Waals surface area contributed by atoms with Crippen LogP contribution in [0.15, 0.2) is 36.4 Å². The molecule has 3 aromatic rings. The van der Waals surface area contributed by atoms with Crippen molar-refractivity contribution >= 4 is 33.3 Å². The lowest BCUT2D eigenvalue weighted by atomic mass is 10.2. The third kappa shape index (κ3) is 3.09. The Hall–Kier alpha value is -2.47. The molecule has 0 aliphatic carbocycles. The highest BCUT2D eigenvalue weighted by Gasteiger charge is 2.32. The number of para-hydroxylation sites is 1. The molecule has 1 fully saturated rings. The molecule has 3 heterocycles. The summed E-state index contributed by atoms with van der Waals surface area (Å²) >= 11 is 1.68. The summed E-state index contributed by atoms with van der Waals surface area (Å²) in [4.78, 5) is 23.9. The van der Waals surface area contributed by atoms with E-state index in [0.29, 0.717) is 0 Å². The molecular formula is C19H20N4OS. The molecule has 2 amide bonds. The highest BCUT2D eigenvalue weighted by atomic mass is 32.1. The van der Waals surface area contributed by atoms with Crippen LogP contribution < -0.4 is 5.32 Å². The molecule has 1 atom stereocenters. The van der Waals surface area contributed by atoms with Crippen LogP contribution in [0.2, 0.25) is 0 Å². The second-order valence-corrected chi connectivity index (χ2v) is 7.45.